The molecule has 1 fully saturated rings. The Bertz CT molecular complexity index is 563. The number of aliphatic imine (C=N–C) groups is 1. The van der Waals surface area contributed by atoms with Gasteiger partial charge >= 0.3 is 0 Å². The fourth-order valence-corrected chi connectivity index (χ4v) is 3.08. The highest BCUT2D eigenvalue weighted by Crippen LogP contribution is 2.20. The van der Waals surface area contributed by atoms with Crippen LogP contribution >= 0.6 is 24.0 Å². The number of nitrogens with zero attached hydrogens (tertiary/aromatic N) is 2. The van der Waals surface area contributed by atoms with Crippen molar-refractivity contribution >= 4 is 35.8 Å². The molecule has 0 atom stereocenters. The molecule has 1 aromatic heterocycles. The van der Waals surface area contributed by atoms with Gasteiger partial charge in [0.25, 0.3) is 0 Å². The van der Waals surface area contributed by atoms with Gasteiger partial charge in [-0.2, -0.15) is 0 Å². The maximum Gasteiger partial charge on any atom is 0.220 e. The smallest absolute Gasteiger partial charge is 0.220 e. The highest BCUT2D eigenvalue weighted by molar-refractivity contribution is 14.0. The van der Waals surface area contributed by atoms with Crippen molar-refractivity contribution in [1.29, 1.82) is 0 Å². The second-order valence-electron chi connectivity index (χ2n) is 6.15. The summed E-state index contributed by atoms with van der Waals surface area (Å²) in [4.78, 5) is 18.1. The van der Waals surface area contributed by atoms with E-state index in [-0.39, 0.29) is 29.9 Å². The third-order valence-corrected chi connectivity index (χ3v) is 4.46. The number of nitrogens with one attached hydrogen (secondary N) is 2. The number of amides is 1. The Morgan fingerprint density at radius 2 is 2.04 bits per heavy atom. The van der Waals surface area contributed by atoms with Crippen molar-refractivity contribution < 1.29 is 9.21 Å². The number of rotatable bonds is 4. The molecule has 2 rings (SSSR count). The van der Waals surface area contributed by atoms with Crippen molar-refractivity contribution in [2.45, 2.75) is 39.7 Å². The molecule has 2 heterocycles. The number of aryl methyl sites for hydroxylation is 2. The zero-order valence-electron chi connectivity index (χ0n) is 15.0. The summed E-state index contributed by atoms with van der Waals surface area (Å²) in [6.07, 6.45) is 2.68. The van der Waals surface area contributed by atoms with E-state index in [4.69, 9.17) is 4.42 Å². The van der Waals surface area contributed by atoms with Crippen LogP contribution < -0.4 is 10.6 Å². The molecule has 2 N–H and O–H groups in total. The minimum absolute atomic E-state index is 0. The van der Waals surface area contributed by atoms with E-state index in [0.29, 0.717) is 18.9 Å². The van der Waals surface area contributed by atoms with Gasteiger partial charge in [-0.1, -0.05) is 0 Å². The summed E-state index contributed by atoms with van der Waals surface area (Å²) in [5.74, 6) is 3.42. The highest BCUT2D eigenvalue weighted by atomic mass is 127. The van der Waals surface area contributed by atoms with Gasteiger partial charge in [-0.15, -0.1) is 24.0 Å². The number of hydrogen-bond acceptors (Lipinski definition) is 3. The number of carbonyl (C=O) groups excluding carboxylic acids is 1. The van der Waals surface area contributed by atoms with Crippen LogP contribution in [0.2, 0.25) is 0 Å². The fourth-order valence-electron chi connectivity index (χ4n) is 3.08. The summed E-state index contributed by atoms with van der Waals surface area (Å²) in [5.41, 5.74) is 1.16. The minimum Gasteiger partial charge on any atom is -0.466 e. The van der Waals surface area contributed by atoms with Crippen LogP contribution in [-0.4, -0.2) is 44.0 Å². The van der Waals surface area contributed by atoms with Gasteiger partial charge in [-0.25, -0.2) is 0 Å². The van der Waals surface area contributed by atoms with Crippen LogP contribution in [0.3, 0.4) is 0 Å². The van der Waals surface area contributed by atoms with Gasteiger partial charge in [-0.05, 0) is 38.7 Å². The molecule has 0 radical (unpaired) electrons. The number of furan rings is 1. The maximum absolute atomic E-state index is 11.5. The van der Waals surface area contributed by atoms with Crippen molar-refractivity contribution in [2.24, 2.45) is 10.9 Å². The molecular formula is C17H29IN4O2. The molecule has 0 aliphatic carbocycles. The Labute approximate surface area is 161 Å². The number of hydrogen-bond donors (Lipinski definition) is 2. The van der Waals surface area contributed by atoms with Crippen LogP contribution in [0.25, 0.3) is 0 Å². The van der Waals surface area contributed by atoms with E-state index >= 15 is 0 Å². The average molecular weight is 448 g/mol. The van der Waals surface area contributed by atoms with Gasteiger partial charge in [-0.3, -0.25) is 9.79 Å². The summed E-state index contributed by atoms with van der Waals surface area (Å²) in [7, 11) is 3.51. The summed E-state index contributed by atoms with van der Waals surface area (Å²) in [6.45, 7) is 6.53. The molecular weight excluding hydrogens is 419 g/mol. The average Bonchev–Trinajstić information content (AvgIpc) is 2.87. The Balaban J connectivity index is 0.00000288. The Morgan fingerprint density at radius 3 is 2.54 bits per heavy atom. The van der Waals surface area contributed by atoms with Gasteiger partial charge in [0.1, 0.15) is 11.5 Å². The SMILES string of the molecule is CN=C(NCc1cc(C)oc1C)N1CCC(CC(=O)NC)CC1.I. The summed E-state index contributed by atoms with van der Waals surface area (Å²) in [5, 5.41) is 6.12. The largest absolute Gasteiger partial charge is 0.466 e. The molecule has 7 heteroatoms. The lowest BCUT2D eigenvalue weighted by atomic mass is 9.93. The predicted molar refractivity (Wildman–Crippen MR) is 107 cm³/mol. The quantitative estimate of drug-likeness (QED) is 0.422. The third kappa shape index (κ3) is 5.68. The second-order valence-corrected chi connectivity index (χ2v) is 6.15. The number of guanidine groups is 1. The van der Waals surface area contributed by atoms with Gasteiger partial charge in [0.2, 0.25) is 5.91 Å². The van der Waals surface area contributed by atoms with Crippen molar-refractivity contribution in [1.82, 2.24) is 15.5 Å². The first-order valence-corrected chi connectivity index (χ1v) is 8.25. The van der Waals surface area contributed by atoms with Crippen molar-refractivity contribution in [3.05, 3.63) is 23.2 Å². The monoisotopic (exact) mass is 448 g/mol. The zero-order valence-corrected chi connectivity index (χ0v) is 17.3. The first-order valence-electron chi connectivity index (χ1n) is 8.25. The predicted octanol–water partition coefficient (Wildman–Crippen LogP) is 2.44. The van der Waals surface area contributed by atoms with Crippen molar-refractivity contribution in [3.8, 4) is 0 Å². The van der Waals surface area contributed by atoms with E-state index in [1.807, 2.05) is 20.9 Å². The van der Waals surface area contributed by atoms with E-state index in [1.165, 1.54) is 0 Å². The summed E-state index contributed by atoms with van der Waals surface area (Å²) >= 11 is 0. The molecule has 0 bridgehead atoms. The Kier molecular flexibility index (Phi) is 8.58. The van der Waals surface area contributed by atoms with Crippen LogP contribution in [0.1, 0.15) is 36.3 Å². The fraction of sp³-hybridized carbons (Fsp3) is 0.647. The lowest BCUT2D eigenvalue weighted by molar-refractivity contribution is -0.121. The molecule has 0 spiro atoms. The molecule has 136 valence electrons. The van der Waals surface area contributed by atoms with Crippen LogP contribution in [0.5, 0.6) is 0 Å². The lowest BCUT2D eigenvalue weighted by Crippen LogP contribution is -2.45. The zero-order chi connectivity index (χ0) is 16.8. The molecule has 1 amide bonds. The Hall–Kier alpha value is -1.25. The second kappa shape index (κ2) is 9.90. The molecule has 1 aliphatic heterocycles. The van der Waals surface area contributed by atoms with E-state index in [1.54, 1.807) is 7.05 Å². The van der Waals surface area contributed by atoms with Crippen LogP contribution in [0.4, 0.5) is 0 Å². The summed E-state index contributed by atoms with van der Waals surface area (Å²) in [6, 6.07) is 2.06. The first kappa shape index (κ1) is 20.8. The molecule has 1 saturated heterocycles. The van der Waals surface area contributed by atoms with Crippen molar-refractivity contribution in [2.75, 3.05) is 27.2 Å². The maximum atomic E-state index is 11.5. The van der Waals surface area contributed by atoms with Gasteiger partial charge in [0.15, 0.2) is 5.96 Å². The van der Waals surface area contributed by atoms with Crippen LogP contribution in [0.15, 0.2) is 15.5 Å². The third-order valence-electron chi connectivity index (χ3n) is 4.46. The van der Waals surface area contributed by atoms with E-state index in [2.05, 4.69) is 26.6 Å². The minimum atomic E-state index is 0. The molecule has 0 aromatic carbocycles. The van der Waals surface area contributed by atoms with Crippen LogP contribution in [-0.2, 0) is 11.3 Å². The number of likely N-dealkylation sites (tertiary alicyclic amines) is 1. The molecule has 6 nitrogen and oxygen atoms in total. The standard InChI is InChI=1S/C17H28N4O2.HI/c1-12-9-15(13(2)23-12)11-20-17(19-4)21-7-5-14(6-8-21)10-16(22)18-3;/h9,14H,5-8,10-11H2,1-4H3,(H,18,22)(H,19,20);1H. The van der Waals surface area contributed by atoms with Gasteiger partial charge < -0.3 is 20.0 Å². The summed E-state index contributed by atoms with van der Waals surface area (Å²) < 4.78 is 5.56. The number of halogens is 1. The molecule has 0 unspecified atom stereocenters. The first-order chi connectivity index (χ1) is 11.0. The molecule has 1 aromatic rings. The van der Waals surface area contributed by atoms with E-state index in [0.717, 1.165) is 49.0 Å². The van der Waals surface area contributed by atoms with E-state index < -0.39 is 0 Å². The van der Waals surface area contributed by atoms with E-state index in [9.17, 15) is 4.79 Å². The van der Waals surface area contributed by atoms with Crippen LogP contribution in [0, 0.1) is 19.8 Å². The van der Waals surface area contributed by atoms with Gasteiger partial charge in [0.05, 0.1) is 0 Å². The lowest BCUT2D eigenvalue weighted by Gasteiger charge is -2.34. The molecule has 1 aliphatic rings. The topological polar surface area (TPSA) is 69.9 Å². The van der Waals surface area contributed by atoms with Crippen molar-refractivity contribution in [3.63, 3.8) is 0 Å². The molecule has 0 saturated carbocycles. The number of carbonyl (C=O) groups is 1. The Morgan fingerprint density at radius 1 is 1.38 bits per heavy atom. The molecule has 24 heavy (non-hydrogen) atoms. The number of piperidine rings is 1. The van der Waals surface area contributed by atoms with Gasteiger partial charge in [0, 0.05) is 45.7 Å². The highest BCUT2D eigenvalue weighted by Gasteiger charge is 2.23. The normalized spacial score (nSPS) is 15.8.